The van der Waals surface area contributed by atoms with Crippen LogP contribution in [0.3, 0.4) is 0 Å². The van der Waals surface area contributed by atoms with Crippen LogP contribution in [0, 0.1) is 5.92 Å². The van der Waals surface area contributed by atoms with Crippen LogP contribution in [0.1, 0.15) is 88.3 Å². The Bertz CT molecular complexity index is 3060. The molecule has 0 saturated carbocycles. The van der Waals surface area contributed by atoms with Gasteiger partial charge in [0.15, 0.2) is 17.9 Å². The molecule has 3 aliphatic heterocycles. The Hall–Kier alpha value is -9.12. The molecule has 11 amide bonds. The molecule has 2 saturated heterocycles. The number of aliphatic imine (C=N–C) groups is 3. The molecule has 0 aromatic heterocycles. The molecule has 3 unspecified atom stereocenters. The number of carbonyl (C=O) groups excluding carboxylic acids is 11. The standard InChI is InChI=1S/C58H89N21O12S2/c1-3-31(2)46-54(90)74-39(14-8-22-69-58(65)66)55(91)78-23-9-15-42(78)52(88)75-40(47(60)83)29-92-93-30-41(51(87)73-37(12-6-20-67-56(61)62)49(85)72-38(50(86)77-46)13-7-21-68-57(63)64)76-53(89)43-25-33-10-4-5-11-34(33)28-79(43)45(82)27-70-44(81)26-71-48(84)36(59)24-32-16-18-35(80)19-17-32/h4-5,10-11,16-19,31,36-43,46,80H,3,6-9,12-15,20-30,59H2,1-2H3,(H2,60,83)(H,70,81)(H,71,84)(H,72,85)(H,73,87)(H,74,90)(H,75,88)(H,76,89)(H,77,86)(H4,61,62,67)(H4,63,64,68)(H4,65,66,69)/t31-,36?,37?,38?,39-,40-,41-,42-,43-,46-/m0/s1. The average molecular weight is 1340 g/mol. The van der Waals surface area contributed by atoms with Gasteiger partial charge in [-0.05, 0) is 92.5 Å². The molecule has 25 N–H and O–H groups in total. The van der Waals surface area contributed by atoms with Crippen molar-refractivity contribution in [3.63, 3.8) is 0 Å². The van der Waals surface area contributed by atoms with E-state index in [0.717, 1.165) is 21.6 Å². The van der Waals surface area contributed by atoms with E-state index in [1.165, 1.54) is 21.9 Å². The molecule has 0 bridgehead atoms. The van der Waals surface area contributed by atoms with Crippen molar-refractivity contribution in [3.8, 4) is 5.75 Å². The second-order valence-electron chi connectivity index (χ2n) is 22.7. The number of rotatable bonds is 24. The highest BCUT2D eigenvalue weighted by atomic mass is 33.1. The topological polar surface area (TPSA) is 556 Å². The minimum atomic E-state index is -1.54. The van der Waals surface area contributed by atoms with Gasteiger partial charge >= 0.3 is 0 Å². The molecule has 3 heterocycles. The Morgan fingerprint density at radius 1 is 0.677 bits per heavy atom. The van der Waals surface area contributed by atoms with Crippen LogP contribution < -0.4 is 88.4 Å². The predicted molar refractivity (Wildman–Crippen MR) is 350 cm³/mol. The van der Waals surface area contributed by atoms with Gasteiger partial charge in [-0.15, -0.1) is 0 Å². The Morgan fingerprint density at radius 2 is 1.24 bits per heavy atom. The smallest absolute Gasteiger partial charge is 0.245 e. The van der Waals surface area contributed by atoms with Crippen molar-refractivity contribution in [1.82, 2.24) is 52.3 Å². The van der Waals surface area contributed by atoms with E-state index < -0.39 is 138 Å². The van der Waals surface area contributed by atoms with Gasteiger partial charge in [-0.1, -0.05) is 78.3 Å². The number of nitrogens with one attached hydrogen (secondary N) is 8. The number of primary amides is 1. The molecule has 0 spiro atoms. The summed E-state index contributed by atoms with van der Waals surface area (Å²) in [6, 6.07) is 1.23. The first-order chi connectivity index (χ1) is 44.3. The van der Waals surface area contributed by atoms with Gasteiger partial charge in [0.05, 0.1) is 19.1 Å². The maximum absolute atomic E-state index is 14.9. The van der Waals surface area contributed by atoms with Crippen molar-refractivity contribution in [2.24, 2.45) is 66.8 Å². The molecule has 93 heavy (non-hydrogen) atoms. The quantitative estimate of drug-likeness (QED) is 0.0202. The lowest BCUT2D eigenvalue weighted by Crippen LogP contribution is -2.61. The van der Waals surface area contributed by atoms with Crippen LogP contribution in [-0.4, -0.2) is 203 Å². The molecule has 33 nitrogen and oxygen atoms in total. The molecule has 0 radical (unpaired) electrons. The van der Waals surface area contributed by atoms with Crippen LogP contribution in [0.15, 0.2) is 63.5 Å². The molecular weight excluding hydrogens is 1250 g/mol. The first kappa shape index (κ1) is 74.6. The van der Waals surface area contributed by atoms with E-state index in [2.05, 4.69) is 57.5 Å². The van der Waals surface area contributed by atoms with Gasteiger partial charge in [0.25, 0.3) is 0 Å². The zero-order valence-electron chi connectivity index (χ0n) is 52.1. The molecule has 3 aliphatic rings. The highest BCUT2D eigenvalue weighted by Gasteiger charge is 2.42. The largest absolute Gasteiger partial charge is 0.508 e. The number of guanidine groups is 3. The number of phenolic OH excluding ortho intramolecular Hbond substituents is 1. The summed E-state index contributed by atoms with van der Waals surface area (Å²) in [5.41, 5.74) is 47.5. The fourth-order valence-electron chi connectivity index (χ4n) is 10.4. The highest BCUT2D eigenvalue weighted by Crippen LogP contribution is 2.27. The van der Waals surface area contributed by atoms with Gasteiger partial charge in [-0.25, -0.2) is 0 Å². The van der Waals surface area contributed by atoms with Crippen LogP contribution >= 0.6 is 21.6 Å². The molecule has 10 atom stereocenters. The van der Waals surface area contributed by atoms with Crippen LogP contribution in [0.4, 0.5) is 0 Å². The second kappa shape index (κ2) is 37.4. The SMILES string of the molecule is CC[C@H](C)[C@@H]1NC(=O)C(CCCN=C(N)N)NC(=O)C(CCCN=C(N)N)NC(=O)[C@@H](NC(=O)[C@@H]2Cc3ccccc3CN2C(=O)CNC(=O)CNC(=O)C(N)Cc2ccc(O)cc2)CSSC[C@@H](C(N)=O)NC(=O)[C@@H]2CCCN2C(=O)[C@H](CCCN=C(N)N)NC1=O. The summed E-state index contributed by atoms with van der Waals surface area (Å²) < 4.78 is 0. The van der Waals surface area contributed by atoms with Crippen molar-refractivity contribution >= 4 is 104 Å². The van der Waals surface area contributed by atoms with Gasteiger partial charge < -0.3 is 103 Å². The van der Waals surface area contributed by atoms with Crippen molar-refractivity contribution < 1.29 is 57.8 Å². The Labute approximate surface area is 546 Å². The fourth-order valence-corrected chi connectivity index (χ4v) is 12.7. The summed E-state index contributed by atoms with van der Waals surface area (Å²) in [7, 11) is 1.96. The first-order valence-corrected chi connectivity index (χ1v) is 33.0. The molecule has 2 fully saturated rings. The zero-order valence-corrected chi connectivity index (χ0v) is 53.8. The summed E-state index contributed by atoms with van der Waals surface area (Å²) in [6.45, 7) is 2.34. The van der Waals surface area contributed by atoms with Gasteiger partial charge in [0.2, 0.25) is 65.0 Å². The average Bonchev–Trinajstić information content (AvgIpc) is 2.28. The summed E-state index contributed by atoms with van der Waals surface area (Å²) >= 11 is 0. The van der Waals surface area contributed by atoms with E-state index in [9.17, 15) is 57.8 Å². The second-order valence-corrected chi connectivity index (χ2v) is 25.2. The molecule has 35 heteroatoms. The van der Waals surface area contributed by atoms with Crippen molar-refractivity contribution in [2.75, 3.05) is 50.8 Å². The third kappa shape index (κ3) is 24.1. The summed E-state index contributed by atoms with van der Waals surface area (Å²) in [5.74, 6) is -10.4. The molecule has 2 aromatic carbocycles. The summed E-state index contributed by atoms with van der Waals surface area (Å²) in [5, 5.41) is 30.9. The van der Waals surface area contributed by atoms with Crippen LogP contribution in [0.2, 0.25) is 0 Å². The van der Waals surface area contributed by atoms with Gasteiger partial charge in [-0.3, -0.25) is 67.7 Å². The van der Waals surface area contributed by atoms with Crippen LogP contribution in [0.5, 0.6) is 5.75 Å². The van der Waals surface area contributed by atoms with Gasteiger partial charge in [0, 0.05) is 50.7 Å². The van der Waals surface area contributed by atoms with E-state index >= 15 is 0 Å². The molecule has 0 aliphatic carbocycles. The Morgan fingerprint density at radius 3 is 1.83 bits per heavy atom. The fraction of sp³-hybridized carbons (Fsp3) is 0.552. The summed E-state index contributed by atoms with van der Waals surface area (Å²) in [4.78, 5) is 170. The third-order valence-corrected chi connectivity index (χ3v) is 18.1. The number of nitrogens with zero attached hydrogens (tertiary/aromatic N) is 5. The molecular formula is C58H89N21O12S2. The number of hydrogen-bond acceptors (Lipinski definition) is 18. The van der Waals surface area contributed by atoms with E-state index in [1.807, 2.05) is 0 Å². The van der Waals surface area contributed by atoms with E-state index in [-0.39, 0.29) is 126 Å². The maximum atomic E-state index is 14.9. The number of phenols is 1. The van der Waals surface area contributed by atoms with Crippen molar-refractivity contribution in [2.45, 2.75) is 145 Å². The number of hydrogen-bond donors (Lipinski definition) is 17. The number of fused-ring (bicyclic) bond motifs is 2. The minimum Gasteiger partial charge on any atom is -0.508 e. The van der Waals surface area contributed by atoms with Crippen LogP contribution in [-0.2, 0) is 72.1 Å². The number of nitrogens with two attached hydrogens (primary N) is 8. The number of carbonyl (C=O) groups is 11. The minimum absolute atomic E-state index is 0.0103. The van der Waals surface area contributed by atoms with Crippen LogP contribution in [0.25, 0.3) is 0 Å². The monoisotopic (exact) mass is 1340 g/mol. The lowest BCUT2D eigenvalue weighted by atomic mass is 9.93. The maximum Gasteiger partial charge on any atom is 0.245 e. The van der Waals surface area contributed by atoms with Crippen molar-refractivity contribution in [1.29, 1.82) is 0 Å². The number of benzene rings is 2. The van der Waals surface area contributed by atoms with Gasteiger partial charge in [-0.2, -0.15) is 0 Å². The number of amides is 11. The third-order valence-electron chi connectivity index (χ3n) is 15.7. The number of aromatic hydroxyl groups is 1. The molecule has 2 aromatic rings. The lowest BCUT2D eigenvalue weighted by molar-refractivity contribution is -0.143. The Kier molecular flexibility index (Phi) is 30.0. The highest BCUT2D eigenvalue weighted by molar-refractivity contribution is 8.76. The molecule has 510 valence electrons. The lowest BCUT2D eigenvalue weighted by Gasteiger charge is -2.37. The van der Waals surface area contributed by atoms with E-state index in [4.69, 9.17) is 45.9 Å². The Balaban J connectivity index is 1.49. The predicted octanol–water partition coefficient (Wildman–Crippen LogP) is -5.57. The van der Waals surface area contributed by atoms with E-state index in [0.29, 0.717) is 29.5 Å². The molecule has 5 rings (SSSR count). The van der Waals surface area contributed by atoms with E-state index in [1.54, 1.807) is 50.2 Å². The van der Waals surface area contributed by atoms with Crippen molar-refractivity contribution in [3.05, 3.63) is 65.2 Å². The zero-order chi connectivity index (χ0) is 68.3. The van der Waals surface area contributed by atoms with Gasteiger partial charge in [0.1, 0.15) is 54.1 Å². The first-order valence-electron chi connectivity index (χ1n) is 30.5. The normalized spacial score (nSPS) is 22.4. The summed E-state index contributed by atoms with van der Waals surface area (Å²) in [6.07, 6.45) is 1.03.